The van der Waals surface area contributed by atoms with E-state index in [-0.39, 0.29) is 18.0 Å². The number of para-hydroxylation sites is 1. The third kappa shape index (κ3) is 3.36. The van der Waals surface area contributed by atoms with Crippen molar-refractivity contribution in [2.45, 2.75) is 20.4 Å². The molecule has 0 saturated heterocycles. The number of hydrogen-bond acceptors (Lipinski definition) is 2. The van der Waals surface area contributed by atoms with Crippen LogP contribution in [0.1, 0.15) is 11.1 Å². The molecule has 0 aliphatic carbocycles. The van der Waals surface area contributed by atoms with E-state index in [9.17, 15) is 9.59 Å². The second-order valence-electron chi connectivity index (χ2n) is 4.63. The standard InChI is InChI=1S/C15H15BrN2O2/c1-10-4-3-5-11(2)15(10)17-13(19)9-18-8-12(16)6-7-14(18)20/h3-8H,9H2,1-2H3,(H,17,19). The lowest BCUT2D eigenvalue weighted by atomic mass is 10.1. The van der Waals surface area contributed by atoms with E-state index >= 15 is 0 Å². The third-order valence-corrected chi connectivity index (χ3v) is 3.48. The number of nitrogens with zero attached hydrogens (tertiary/aromatic N) is 1. The van der Waals surface area contributed by atoms with Crippen LogP contribution >= 0.6 is 15.9 Å². The molecule has 20 heavy (non-hydrogen) atoms. The lowest BCUT2D eigenvalue weighted by Crippen LogP contribution is -2.27. The summed E-state index contributed by atoms with van der Waals surface area (Å²) in [5, 5.41) is 2.86. The maximum atomic E-state index is 12.1. The molecule has 5 heteroatoms. The highest BCUT2D eigenvalue weighted by molar-refractivity contribution is 9.10. The summed E-state index contributed by atoms with van der Waals surface area (Å²) in [6.45, 7) is 3.87. The molecule has 104 valence electrons. The van der Waals surface area contributed by atoms with Gasteiger partial charge in [0.25, 0.3) is 5.56 Å². The Labute approximate surface area is 125 Å². The highest BCUT2D eigenvalue weighted by Crippen LogP contribution is 2.19. The van der Waals surface area contributed by atoms with Crippen molar-refractivity contribution in [1.29, 1.82) is 0 Å². The second-order valence-corrected chi connectivity index (χ2v) is 5.54. The lowest BCUT2D eigenvalue weighted by molar-refractivity contribution is -0.116. The van der Waals surface area contributed by atoms with Crippen LogP contribution in [-0.2, 0) is 11.3 Å². The smallest absolute Gasteiger partial charge is 0.251 e. The predicted molar refractivity (Wildman–Crippen MR) is 82.9 cm³/mol. The first-order valence-electron chi connectivity index (χ1n) is 6.19. The highest BCUT2D eigenvalue weighted by atomic mass is 79.9. The first-order valence-corrected chi connectivity index (χ1v) is 6.99. The van der Waals surface area contributed by atoms with E-state index < -0.39 is 0 Å². The fourth-order valence-electron chi connectivity index (χ4n) is 1.97. The normalized spacial score (nSPS) is 10.3. The first kappa shape index (κ1) is 14.5. The Bertz CT molecular complexity index is 687. The molecule has 1 N–H and O–H groups in total. The van der Waals surface area contributed by atoms with Gasteiger partial charge in [-0.15, -0.1) is 0 Å². The number of carbonyl (C=O) groups excluding carboxylic acids is 1. The van der Waals surface area contributed by atoms with Crippen molar-refractivity contribution in [3.8, 4) is 0 Å². The number of pyridine rings is 1. The third-order valence-electron chi connectivity index (χ3n) is 3.01. The molecule has 1 aromatic carbocycles. The van der Waals surface area contributed by atoms with Crippen LogP contribution in [0.2, 0.25) is 0 Å². The molecule has 1 amide bonds. The Morgan fingerprint density at radius 1 is 1.20 bits per heavy atom. The van der Waals surface area contributed by atoms with Crippen LogP contribution in [0.4, 0.5) is 5.69 Å². The number of rotatable bonds is 3. The molecular weight excluding hydrogens is 320 g/mol. The number of halogens is 1. The minimum atomic E-state index is -0.220. The summed E-state index contributed by atoms with van der Waals surface area (Å²) in [5.41, 5.74) is 2.60. The zero-order valence-corrected chi connectivity index (χ0v) is 12.9. The van der Waals surface area contributed by atoms with E-state index in [4.69, 9.17) is 0 Å². The van der Waals surface area contributed by atoms with Gasteiger partial charge in [-0.3, -0.25) is 9.59 Å². The van der Waals surface area contributed by atoms with Crippen LogP contribution < -0.4 is 10.9 Å². The second kappa shape index (κ2) is 6.05. The van der Waals surface area contributed by atoms with Crippen molar-refractivity contribution in [1.82, 2.24) is 4.57 Å². The van der Waals surface area contributed by atoms with Gasteiger partial charge in [0.2, 0.25) is 5.91 Å². The van der Waals surface area contributed by atoms with Crippen LogP contribution in [-0.4, -0.2) is 10.5 Å². The zero-order valence-electron chi connectivity index (χ0n) is 11.3. The molecule has 0 unspecified atom stereocenters. The van der Waals surface area contributed by atoms with Crippen molar-refractivity contribution in [3.05, 3.63) is 62.5 Å². The van der Waals surface area contributed by atoms with Crippen molar-refractivity contribution in [2.75, 3.05) is 5.32 Å². The summed E-state index contributed by atoms with van der Waals surface area (Å²) in [6.07, 6.45) is 1.60. The molecule has 0 atom stereocenters. The van der Waals surface area contributed by atoms with Crippen molar-refractivity contribution < 1.29 is 4.79 Å². The summed E-state index contributed by atoms with van der Waals surface area (Å²) in [4.78, 5) is 23.7. The van der Waals surface area contributed by atoms with Gasteiger partial charge in [-0.1, -0.05) is 18.2 Å². The molecule has 0 radical (unpaired) electrons. The zero-order chi connectivity index (χ0) is 14.7. The van der Waals surface area contributed by atoms with E-state index in [1.54, 1.807) is 12.3 Å². The summed E-state index contributed by atoms with van der Waals surface area (Å²) >= 11 is 3.28. The molecule has 0 fully saturated rings. The Balaban J connectivity index is 2.17. The molecule has 0 aliphatic heterocycles. The van der Waals surface area contributed by atoms with Crippen LogP contribution in [0.15, 0.2) is 45.8 Å². The van der Waals surface area contributed by atoms with Gasteiger partial charge in [-0.25, -0.2) is 0 Å². The predicted octanol–water partition coefficient (Wildman–Crippen LogP) is 2.87. The quantitative estimate of drug-likeness (QED) is 0.938. The Hall–Kier alpha value is -1.88. The molecule has 1 heterocycles. The molecule has 0 saturated carbocycles. The number of hydrogen-bond donors (Lipinski definition) is 1. The van der Waals surface area contributed by atoms with Gasteiger partial charge < -0.3 is 9.88 Å². The van der Waals surface area contributed by atoms with E-state index in [1.807, 2.05) is 32.0 Å². The Morgan fingerprint density at radius 3 is 2.50 bits per heavy atom. The number of amides is 1. The highest BCUT2D eigenvalue weighted by Gasteiger charge is 2.08. The van der Waals surface area contributed by atoms with E-state index in [1.165, 1.54) is 10.6 Å². The van der Waals surface area contributed by atoms with Gasteiger partial charge in [0, 0.05) is 22.4 Å². The minimum absolute atomic E-state index is 0.00789. The van der Waals surface area contributed by atoms with Crippen LogP contribution in [0, 0.1) is 13.8 Å². The lowest BCUT2D eigenvalue weighted by Gasteiger charge is -2.12. The van der Waals surface area contributed by atoms with E-state index in [2.05, 4.69) is 21.2 Å². The Morgan fingerprint density at radius 2 is 1.85 bits per heavy atom. The maximum Gasteiger partial charge on any atom is 0.251 e. The number of benzene rings is 1. The van der Waals surface area contributed by atoms with Gasteiger partial charge in [-0.05, 0) is 47.0 Å². The molecular formula is C15H15BrN2O2. The van der Waals surface area contributed by atoms with Gasteiger partial charge >= 0.3 is 0 Å². The fraction of sp³-hybridized carbons (Fsp3) is 0.200. The topological polar surface area (TPSA) is 51.1 Å². The van der Waals surface area contributed by atoms with Gasteiger partial charge in [0.1, 0.15) is 6.54 Å². The van der Waals surface area contributed by atoms with E-state index in [0.717, 1.165) is 21.3 Å². The number of nitrogens with one attached hydrogen (secondary N) is 1. The molecule has 1 aromatic heterocycles. The summed E-state index contributed by atoms with van der Waals surface area (Å²) in [6, 6.07) is 8.90. The first-order chi connectivity index (χ1) is 9.47. The van der Waals surface area contributed by atoms with Gasteiger partial charge in [0.15, 0.2) is 0 Å². The number of aromatic nitrogens is 1. The fourth-order valence-corrected chi connectivity index (χ4v) is 2.35. The average molecular weight is 335 g/mol. The van der Waals surface area contributed by atoms with Gasteiger partial charge in [-0.2, -0.15) is 0 Å². The number of aryl methyl sites for hydroxylation is 2. The molecule has 2 aromatic rings. The van der Waals surface area contributed by atoms with Gasteiger partial charge in [0.05, 0.1) is 0 Å². The Kier molecular flexibility index (Phi) is 4.39. The van der Waals surface area contributed by atoms with E-state index in [0.29, 0.717) is 0 Å². The molecule has 0 spiro atoms. The summed E-state index contributed by atoms with van der Waals surface area (Å²) in [5.74, 6) is -0.220. The number of anilines is 1. The summed E-state index contributed by atoms with van der Waals surface area (Å²) < 4.78 is 2.13. The SMILES string of the molecule is Cc1cccc(C)c1NC(=O)Cn1cc(Br)ccc1=O. The molecule has 0 bridgehead atoms. The van der Waals surface area contributed by atoms with Crippen LogP contribution in [0.3, 0.4) is 0 Å². The van der Waals surface area contributed by atoms with Crippen LogP contribution in [0.5, 0.6) is 0 Å². The average Bonchev–Trinajstić information content (AvgIpc) is 2.38. The monoisotopic (exact) mass is 334 g/mol. The molecule has 2 rings (SSSR count). The number of carbonyl (C=O) groups is 1. The molecule has 4 nitrogen and oxygen atoms in total. The molecule has 0 aliphatic rings. The van der Waals surface area contributed by atoms with Crippen molar-refractivity contribution in [3.63, 3.8) is 0 Å². The largest absolute Gasteiger partial charge is 0.324 e. The maximum absolute atomic E-state index is 12.1. The van der Waals surface area contributed by atoms with Crippen LogP contribution in [0.25, 0.3) is 0 Å². The van der Waals surface area contributed by atoms with Crippen molar-refractivity contribution in [2.24, 2.45) is 0 Å². The summed E-state index contributed by atoms with van der Waals surface area (Å²) in [7, 11) is 0. The van der Waals surface area contributed by atoms with Crippen molar-refractivity contribution >= 4 is 27.5 Å². The minimum Gasteiger partial charge on any atom is -0.324 e.